The molecule has 8 heteroatoms. The fraction of sp³-hybridized carbons (Fsp3) is 0.700. The van der Waals surface area contributed by atoms with E-state index in [0.29, 0.717) is 37.3 Å². The van der Waals surface area contributed by atoms with E-state index < -0.39 is 10.0 Å². The molecule has 0 saturated carbocycles. The number of sulfonamides is 1. The Bertz CT molecular complexity index is 502. The number of imidazole rings is 1. The van der Waals surface area contributed by atoms with Gasteiger partial charge in [0.05, 0.1) is 25.5 Å². The molecule has 102 valence electrons. The van der Waals surface area contributed by atoms with Crippen LogP contribution in [0, 0.1) is 0 Å². The Kier molecular flexibility index (Phi) is 4.41. The van der Waals surface area contributed by atoms with Gasteiger partial charge >= 0.3 is 0 Å². The summed E-state index contributed by atoms with van der Waals surface area (Å²) in [6.07, 6.45) is 2.06. The quantitative estimate of drug-likeness (QED) is 0.823. The zero-order chi connectivity index (χ0) is 13.2. The van der Waals surface area contributed by atoms with Crippen molar-refractivity contribution in [3.05, 3.63) is 12.0 Å². The van der Waals surface area contributed by atoms with E-state index in [1.807, 2.05) is 6.92 Å². The van der Waals surface area contributed by atoms with Gasteiger partial charge in [-0.05, 0) is 0 Å². The Morgan fingerprint density at radius 3 is 3.06 bits per heavy atom. The lowest BCUT2D eigenvalue weighted by Gasteiger charge is -2.32. The minimum atomic E-state index is -3.51. The molecule has 1 aromatic rings. The molecule has 6 nitrogen and oxygen atoms in total. The van der Waals surface area contributed by atoms with Gasteiger partial charge in [0, 0.05) is 18.3 Å². The van der Waals surface area contributed by atoms with E-state index in [1.165, 1.54) is 10.5 Å². The summed E-state index contributed by atoms with van der Waals surface area (Å²) in [4.78, 5) is 6.89. The van der Waals surface area contributed by atoms with Gasteiger partial charge in [-0.2, -0.15) is 4.31 Å². The Labute approximate surface area is 115 Å². The van der Waals surface area contributed by atoms with Crippen molar-refractivity contribution in [3.8, 4) is 0 Å². The van der Waals surface area contributed by atoms with E-state index in [0.717, 1.165) is 0 Å². The number of H-pyrrole nitrogens is 1. The first kappa shape index (κ1) is 14.0. The maximum atomic E-state index is 12.5. The molecule has 1 unspecified atom stereocenters. The second-order valence-corrected chi connectivity index (χ2v) is 6.55. The summed E-state index contributed by atoms with van der Waals surface area (Å²) in [5, 5.41) is 0.716. The van der Waals surface area contributed by atoms with Crippen molar-refractivity contribution in [2.24, 2.45) is 0 Å². The smallest absolute Gasteiger partial charge is 0.260 e. The molecule has 1 N–H and O–H groups in total. The summed E-state index contributed by atoms with van der Waals surface area (Å²) in [5.74, 6) is 0.678. The van der Waals surface area contributed by atoms with E-state index in [2.05, 4.69) is 25.9 Å². The molecule has 1 aromatic heterocycles. The highest BCUT2D eigenvalue weighted by molar-refractivity contribution is 9.09. The molecule has 1 aliphatic heterocycles. The van der Waals surface area contributed by atoms with Crippen LogP contribution in [-0.4, -0.2) is 53.8 Å². The first-order valence-electron chi connectivity index (χ1n) is 5.79. The third kappa shape index (κ3) is 2.61. The molecule has 18 heavy (non-hydrogen) atoms. The lowest BCUT2D eigenvalue weighted by molar-refractivity contribution is 0.0412. The molecular weight excluding hydrogens is 322 g/mol. The fourth-order valence-electron chi connectivity index (χ4n) is 1.86. The molecule has 0 aromatic carbocycles. The highest BCUT2D eigenvalue weighted by Crippen LogP contribution is 2.20. The van der Waals surface area contributed by atoms with Gasteiger partial charge in [0.15, 0.2) is 5.03 Å². The second kappa shape index (κ2) is 5.68. The number of aryl methyl sites for hydroxylation is 1. The van der Waals surface area contributed by atoms with Gasteiger partial charge in [0.25, 0.3) is 10.0 Å². The van der Waals surface area contributed by atoms with Crippen LogP contribution in [0.3, 0.4) is 0 Å². The highest BCUT2D eigenvalue weighted by atomic mass is 79.9. The highest BCUT2D eigenvalue weighted by Gasteiger charge is 2.34. The van der Waals surface area contributed by atoms with Crippen LogP contribution in [0.15, 0.2) is 11.2 Å². The van der Waals surface area contributed by atoms with Gasteiger partial charge < -0.3 is 9.72 Å². The Hall–Kier alpha value is -0.440. The Morgan fingerprint density at radius 2 is 2.44 bits per heavy atom. The Balaban J connectivity index is 2.28. The third-order valence-electron chi connectivity index (χ3n) is 2.88. The van der Waals surface area contributed by atoms with E-state index in [-0.39, 0.29) is 11.1 Å². The molecule has 0 spiro atoms. The summed E-state index contributed by atoms with van der Waals surface area (Å²) in [6, 6.07) is -0.169. The van der Waals surface area contributed by atoms with Crippen LogP contribution >= 0.6 is 15.9 Å². The normalized spacial score (nSPS) is 22.2. The number of aromatic nitrogens is 2. The van der Waals surface area contributed by atoms with Crippen molar-refractivity contribution >= 4 is 26.0 Å². The molecule has 0 aliphatic carbocycles. The fourth-order valence-corrected chi connectivity index (χ4v) is 4.11. The van der Waals surface area contributed by atoms with Gasteiger partial charge in [0.1, 0.15) is 5.82 Å². The monoisotopic (exact) mass is 337 g/mol. The standard InChI is InChI=1S/C10H16BrN3O3S/c1-2-9-12-6-10(13-9)18(15,16)14-3-4-17-7-8(14)5-11/h6,8H,2-5,7H2,1H3,(H,12,13). The number of morpholine rings is 1. The van der Waals surface area contributed by atoms with Crippen LogP contribution in [-0.2, 0) is 21.2 Å². The maximum absolute atomic E-state index is 12.5. The predicted octanol–water partition coefficient (Wildman–Crippen LogP) is 0.756. The van der Waals surface area contributed by atoms with Crippen LogP contribution in [0.4, 0.5) is 0 Å². The van der Waals surface area contributed by atoms with Crippen LogP contribution in [0.1, 0.15) is 12.7 Å². The van der Waals surface area contributed by atoms with Crippen molar-refractivity contribution in [2.75, 3.05) is 25.1 Å². The predicted molar refractivity (Wildman–Crippen MR) is 70.3 cm³/mol. The zero-order valence-electron chi connectivity index (χ0n) is 10.1. The average molecular weight is 338 g/mol. The molecule has 1 saturated heterocycles. The lowest BCUT2D eigenvalue weighted by atomic mass is 10.3. The number of rotatable bonds is 4. The summed E-state index contributed by atoms with van der Waals surface area (Å²) in [5.41, 5.74) is 0. The molecule has 1 fully saturated rings. The van der Waals surface area contributed by atoms with Crippen LogP contribution in [0.2, 0.25) is 0 Å². The minimum Gasteiger partial charge on any atom is -0.378 e. The summed E-state index contributed by atoms with van der Waals surface area (Å²) >= 11 is 3.32. The number of alkyl halides is 1. The molecule has 2 rings (SSSR count). The number of hydrogen-bond donors (Lipinski definition) is 1. The van der Waals surface area contributed by atoms with Crippen LogP contribution in [0.25, 0.3) is 0 Å². The maximum Gasteiger partial charge on any atom is 0.260 e. The largest absolute Gasteiger partial charge is 0.378 e. The molecular formula is C10H16BrN3O3S. The van der Waals surface area contributed by atoms with Gasteiger partial charge in [-0.15, -0.1) is 0 Å². The minimum absolute atomic E-state index is 0.159. The molecule has 1 aliphatic rings. The average Bonchev–Trinajstić information content (AvgIpc) is 2.88. The number of hydrogen-bond acceptors (Lipinski definition) is 4. The topological polar surface area (TPSA) is 75.3 Å². The SMILES string of the molecule is CCc1ncc(S(=O)(=O)N2CCOCC2CBr)[nH]1. The van der Waals surface area contributed by atoms with Crippen molar-refractivity contribution in [1.29, 1.82) is 0 Å². The number of halogens is 1. The lowest BCUT2D eigenvalue weighted by Crippen LogP contribution is -2.49. The van der Waals surface area contributed by atoms with E-state index in [9.17, 15) is 8.42 Å². The van der Waals surface area contributed by atoms with Crippen molar-refractivity contribution in [3.63, 3.8) is 0 Å². The van der Waals surface area contributed by atoms with Crippen molar-refractivity contribution < 1.29 is 13.2 Å². The number of aromatic amines is 1. The zero-order valence-corrected chi connectivity index (χ0v) is 12.5. The van der Waals surface area contributed by atoms with E-state index in [4.69, 9.17) is 4.74 Å². The van der Waals surface area contributed by atoms with Crippen LogP contribution in [0.5, 0.6) is 0 Å². The molecule has 2 heterocycles. The first-order valence-corrected chi connectivity index (χ1v) is 8.35. The number of nitrogens with zero attached hydrogens (tertiary/aromatic N) is 2. The van der Waals surface area contributed by atoms with E-state index >= 15 is 0 Å². The molecule has 0 bridgehead atoms. The van der Waals surface area contributed by atoms with Gasteiger partial charge in [-0.25, -0.2) is 13.4 Å². The first-order chi connectivity index (χ1) is 8.59. The second-order valence-electron chi connectivity index (χ2n) is 4.05. The van der Waals surface area contributed by atoms with Gasteiger partial charge in [-0.3, -0.25) is 0 Å². The summed E-state index contributed by atoms with van der Waals surface area (Å²) in [7, 11) is -3.51. The van der Waals surface area contributed by atoms with Crippen LogP contribution < -0.4 is 0 Å². The number of ether oxygens (including phenoxy) is 1. The summed E-state index contributed by atoms with van der Waals surface area (Å²) in [6.45, 7) is 3.14. The number of nitrogens with one attached hydrogen (secondary N) is 1. The van der Waals surface area contributed by atoms with Gasteiger partial charge in [0.2, 0.25) is 0 Å². The van der Waals surface area contributed by atoms with E-state index in [1.54, 1.807) is 0 Å². The van der Waals surface area contributed by atoms with Crippen molar-refractivity contribution in [1.82, 2.24) is 14.3 Å². The molecule has 0 radical (unpaired) electrons. The Morgan fingerprint density at radius 1 is 1.67 bits per heavy atom. The van der Waals surface area contributed by atoms with Gasteiger partial charge in [-0.1, -0.05) is 22.9 Å². The summed E-state index contributed by atoms with van der Waals surface area (Å²) < 4.78 is 31.7. The molecule has 0 amide bonds. The third-order valence-corrected chi connectivity index (χ3v) is 5.49. The van der Waals surface area contributed by atoms with Crippen molar-refractivity contribution in [2.45, 2.75) is 24.4 Å². The molecule has 1 atom stereocenters.